The second-order valence-corrected chi connectivity index (χ2v) is 7.24. The van der Waals surface area contributed by atoms with Crippen molar-refractivity contribution in [1.82, 2.24) is 5.32 Å². The Hall–Kier alpha value is -2.02. The highest BCUT2D eigenvalue weighted by Crippen LogP contribution is 2.18. The van der Waals surface area contributed by atoms with Gasteiger partial charge in [-0.05, 0) is 36.2 Å². The van der Waals surface area contributed by atoms with Gasteiger partial charge in [0.2, 0.25) is 5.91 Å². The van der Waals surface area contributed by atoms with Crippen molar-refractivity contribution < 1.29 is 14.3 Å². The third kappa shape index (κ3) is 7.62. The molecule has 0 atom stereocenters. The standard InChI is InChI=1S/C20H23ClN2O3S/c1-26-11-5-10-22-20(25)17-8-2-3-9-18(17)23-19(24)14-27-13-15-6-4-7-16(21)12-15/h2-4,6-9,12H,5,10-11,13-14H2,1H3,(H,22,25)(H,23,24). The lowest BCUT2D eigenvalue weighted by Crippen LogP contribution is -2.27. The summed E-state index contributed by atoms with van der Waals surface area (Å²) < 4.78 is 4.96. The molecule has 0 aliphatic heterocycles. The number of halogens is 1. The van der Waals surface area contributed by atoms with Gasteiger partial charge in [-0.1, -0.05) is 35.9 Å². The Kier molecular flexibility index (Phi) is 9.18. The van der Waals surface area contributed by atoms with Crippen molar-refractivity contribution >= 4 is 40.9 Å². The summed E-state index contributed by atoms with van der Waals surface area (Å²) in [4.78, 5) is 24.6. The fourth-order valence-electron chi connectivity index (χ4n) is 2.38. The van der Waals surface area contributed by atoms with Crippen molar-refractivity contribution in [3.05, 3.63) is 64.7 Å². The molecule has 0 saturated carbocycles. The predicted molar refractivity (Wildman–Crippen MR) is 112 cm³/mol. The van der Waals surface area contributed by atoms with Gasteiger partial charge in [-0.2, -0.15) is 0 Å². The van der Waals surface area contributed by atoms with Gasteiger partial charge in [0.05, 0.1) is 17.0 Å². The second kappa shape index (κ2) is 11.6. The molecule has 0 aliphatic rings. The van der Waals surface area contributed by atoms with E-state index in [4.69, 9.17) is 16.3 Å². The topological polar surface area (TPSA) is 67.4 Å². The third-order valence-corrected chi connectivity index (χ3v) is 4.89. The van der Waals surface area contributed by atoms with E-state index in [1.807, 2.05) is 24.3 Å². The van der Waals surface area contributed by atoms with Crippen LogP contribution in [0.2, 0.25) is 5.02 Å². The number of ether oxygens (including phenoxy) is 1. The molecule has 144 valence electrons. The molecular formula is C20H23ClN2O3S. The van der Waals surface area contributed by atoms with Gasteiger partial charge in [0.25, 0.3) is 5.91 Å². The smallest absolute Gasteiger partial charge is 0.253 e. The van der Waals surface area contributed by atoms with Gasteiger partial charge in [0.15, 0.2) is 0 Å². The van der Waals surface area contributed by atoms with E-state index in [1.165, 1.54) is 11.8 Å². The van der Waals surface area contributed by atoms with Crippen LogP contribution in [0.5, 0.6) is 0 Å². The van der Waals surface area contributed by atoms with Crippen molar-refractivity contribution in [2.24, 2.45) is 0 Å². The molecule has 0 bridgehead atoms. The van der Waals surface area contributed by atoms with Crippen molar-refractivity contribution in [2.75, 3.05) is 31.3 Å². The minimum absolute atomic E-state index is 0.151. The van der Waals surface area contributed by atoms with Gasteiger partial charge in [-0.3, -0.25) is 9.59 Å². The molecule has 7 heteroatoms. The van der Waals surface area contributed by atoms with Crippen molar-refractivity contribution in [3.63, 3.8) is 0 Å². The number of hydrogen-bond acceptors (Lipinski definition) is 4. The molecule has 0 aromatic heterocycles. The van der Waals surface area contributed by atoms with E-state index in [0.29, 0.717) is 35.2 Å². The molecule has 2 N–H and O–H groups in total. The number of methoxy groups -OCH3 is 1. The molecule has 27 heavy (non-hydrogen) atoms. The molecule has 5 nitrogen and oxygen atoms in total. The highest BCUT2D eigenvalue weighted by Gasteiger charge is 2.12. The molecular weight excluding hydrogens is 384 g/mol. The van der Waals surface area contributed by atoms with E-state index in [-0.39, 0.29) is 17.6 Å². The molecule has 0 radical (unpaired) electrons. The van der Waals surface area contributed by atoms with Crippen LogP contribution < -0.4 is 10.6 Å². The van der Waals surface area contributed by atoms with Gasteiger partial charge >= 0.3 is 0 Å². The Bertz CT molecular complexity index is 770. The van der Waals surface area contributed by atoms with Crippen LogP contribution in [0.1, 0.15) is 22.3 Å². The Morgan fingerprint density at radius 1 is 1.15 bits per heavy atom. The van der Waals surface area contributed by atoms with Gasteiger partial charge in [0, 0.05) is 31.0 Å². The maximum Gasteiger partial charge on any atom is 0.253 e. The lowest BCUT2D eigenvalue weighted by molar-refractivity contribution is -0.113. The fourth-order valence-corrected chi connectivity index (χ4v) is 3.37. The molecule has 2 rings (SSSR count). The van der Waals surface area contributed by atoms with Crippen LogP contribution in [-0.2, 0) is 15.3 Å². The molecule has 0 unspecified atom stereocenters. The molecule has 2 amide bonds. The zero-order valence-corrected chi connectivity index (χ0v) is 16.7. The second-order valence-electron chi connectivity index (χ2n) is 5.82. The largest absolute Gasteiger partial charge is 0.385 e. The van der Waals surface area contributed by atoms with E-state index in [1.54, 1.807) is 31.4 Å². The highest BCUT2D eigenvalue weighted by molar-refractivity contribution is 7.99. The number of amides is 2. The number of carbonyl (C=O) groups excluding carboxylic acids is 2. The van der Waals surface area contributed by atoms with Crippen LogP contribution in [0.15, 0.2) is 48.5 Å². The summed E-state index contributed by atoms with van der Waals surface area (Å²) in [5.74, 6) is 0.613. The monoisotopic (exact) mass is 406 g/mol. The fraction of sp³-hybridized carbons (Fsp3) is 0.300. The van der Waals surface area contributed by atoms with Gasteiger partial charge in [0.1, 0.15) is 0 Å². The number of anilines is 1. The zero-order chi connectivity index (χ0) is 19.5. The minimum Gasteiger partial charge on any atom is -0.385 e. The summed E-state index contributed by atoms with van der Waals surface area (Å²) in [6.45, 7) is 1.10. The number of rotatable bonds is 10. The maximum atomic E-state index is 12.3. The Morgan fingerprint density at radius 2 is 1.96 bits per heavy atom. The molecule has 0 fully saturated rings. The van der Waals surface area contributed by atoms with Gasteiger partial charge < -0.3 is 15.4 Å². The van der Waals surface area contributed by atoms with Gasteiger partial charge in [-0.25, -0.2) is 0 Å². The zero-order valence-electron chi connectivity index (χ0n) is 15.2. The summed E-state index contributed by atoms with van der Waals surface area (Å²) in [6, 6.07) is 14.5. The van der Waals surface area contributed by atoms with Crippen LogP contribution in [0, 0.1) is 0 Å². The molecule has 0 aliphatic carbocycles. The van der Waals surface area contributed by atoms with Crippen LogP contribution >= 0.6 is 23.4 Å². The van der Waals surface area contributed by atoms with E-state index in [9.17, 15) is 9.59 Å². The Morgan fingerprint density at radius 3 is 2.74 bits per heavy atom. The minimum atomic E-state index is -0.214. The first-order valence-electron chi connectivity index (χ1n) is 8.58. The first-order chi connectivity index (χ1) is 13.1. The normalized spacial score (nSPS) is 10.4. The van der Waals surface area contributed by atoms with E-state index in [2.05, 4.69) is 10.6 Å². The average Bonchev–Trinajstić information content (AvgIpc) is 2.65. The maximum absolute atomic E-state index is 12.3. The van der Waals surface area contributed by atoms with E-state index >= 15 is 0 Å². The Labute approximate surface area is 168 Å². The average molecular weight is 407 g/mol. The Balaban J connectivity index is 1.85. The summed E-state index contributed by atoms with van der Waals surface area (Å²) in [7, 11) is 1.62. The van der Waals surface area contributed by atoms with E-state index < -0.39 is 0 Å². The molecule has 0 saturated heterocycles. The third-order valence-electron chi connectivity index (χ3n) is 3.65. The molecule has 0 spiro atoms. The van der Waals surface area contributed by atoms with Crippen LogP contribution in [0.4, 0.5) is 5.69 Å². The summed E-state index contributed by atoms with van der Waals surface area (Å²) in [6.07, 6.45) is 0.733. The quantitative estimate of drug-likeness (QED) is 0.585. The number of hydrogen-bond donors (Lipinski definition) is 2. The van der Waals surface area contributed by atoms with Crippen LogP contribution in [-0.4, -0.2) is 37.8 Å². The number of para-hydroxylation sites is 1. The predicted octanol–water partition coefficient (Wildman–Crippen LogP) is 3.98. The first-order valence-corrected chi connectivity index (χ1v) is 10.1. The summed E-state index contributed by atoms with van der Waals surface area (Å²) in [5, 5.41) is 6.33. The molecule has 0 heterocycles. The van der Waals surface area contributed by atoms with Crippen molar-refractivity contribution in [3.8, 4) is 0 Å². The van der Waals surface area contributed by atoms with Gasteiger partial charge in [-0.15, -0.1) is 11.8 Å². The van der Waals surface area contributed by atoms with Crippen molar-refractivity contribution in [2.45, 2.75) is 12.2 Å². The number of thioether (sulfide) groups is 1. The lowest BCUT2D eigenvalue weighted by atomic mass is 10.1. The van der Waals surface area contributed by atoms with Crippen LogP contribution in [0.3, 0.4) is 0 Å². The molecule has 2 aromatic rings. The SMILES string of the molecule is COCCCNC(=O)c1ccccc1NC(=O)CSCc1cccc(Cl)c1. The molecule has 2 aromatic carbocycles. The van der Waals surface area contributed by atoms with Crippen molar-refractivity contribution in [1.29, 1.82) is 0 Å². The summed E-state index contributed by atoms with van der Waals surface area (Å²) in [5.41, 5.74) is 2.02. The number of benzene rings is 2. The van der Waals surface area contributed by atoms with E-state index in [0.717, 1.165) is 12.0 Å². The lowest BCUT2D eigenvalue weighted by Gasteiger charge is -2.11. The highest BCUT2D eigenvalue weighted by atomic mass is 35.5. The number of nitrogens with one attached hydrogen (secondary N) is 2. The summed E-state index contributed by atoms with van der Waals surface area (Å²) >= 11 is 7.45. The van der Waals surface area contributed by atoms with Crippen LogP contribution in [0.25, 0.3) is 0 Å². The first kappa shape index (κ1) is 21.3. The number of carbonyl (C=O) groups is 2.